The molecule has 5 heteroatoms. The van der Waals surface area contributed by atoms with Gasteiger partial charge in [0.2, 0.25) is 0 Å². The van der Waals surface area contributed by atoms with Crippen LogP contribution < -0.4 is 10.6 Å². The molecule has 0 unspecified atom stereocenters. The minimum Gasteiger partial charge on any atom is -0.362 e. The Bertz CT molecular complexity index is 467. The molecule has 1 aliphatic heterocycles. The van der Waals surface area contributed by atoms with Crippen LogP contribution in [0.3, 0.4) is 0 Å². The lowest BCUT2D eigenvalue weighted by molar-refractivity contribution is 0.116. The van der Waals surface area contributed by atoms with Gasteiger partial charge in [-0.1, -0.05) is 24.6 Å². The number of thiocarbonyl (C=S) groups is 1. The van der Waals surface area contributed by atoms with Gasteiger partial charge in [-0.25, -0.2) is 0 Å². The Morgan fingerprint density at radius 2 is 2.09 bits per heavy atom. The van der Waals surface area contributed by atoms with E-state index in [2.05, 4.69) is 53.6 Å². The van der Waals surface area contributed by atoms with Gasteiger partial charge in [-0.15, -0.1) is 11.8 Å². The van der Waals surface area contributed by atoms with Crippen molar-refractivity contribution in [3.63, 3.8) is 0 Å². The highest BCUT2D eigenvalue weighted by Gasteiger charge is 2.22. The molecule has 0 amide bonds. The standard InChI is InChI=1S/C18H29N3S2/c1-15-8-6-7-12-21(15)16(2)14-20-18(22)19-11-13-23-17-9-4-3-5-10-17/h3-5,9-10,15-16H,6-8,11-14H2,1-2H3,(H2,19,20,22)/t15-,16+/m1/s1. The highest BCUT2D eigenvalue weighted by atomic mass is 32.2. The molecule has 1 fully saturated rings. The van der Waals surface area contributed by atoms with Crippen LogP contribution in [0, 0.1) is 0 Å². The monoisotopic (exact) mass is 351 g/mol. The summed E-state index contributed by atoms with van der Waals surface area (Å²) in [6, 6.07) is 11.7. The fraction of sp³-hybridized carbons (Fsp3) is 0.611. The largest absolute Gasteiger partial charge is 0.362 e. The summed E-state index contributed by atoms with van der Waals surface area (Å²) in [6.07, 6.45) is 4.02. The molecule has 1 heterocycles. The van der Waals surface area contributed by atoms with Crippen LogP contribution in [-0.4, -0.2) is 47.5 Å². The summed E-state index contributed by atoms with van der Waals surface area (Å²) in [7, 11) is 0. The minimum atomic E-state index is 0.531. The summed E-state index contributed by atoms with van der Waals surface area (Å²) in [5.74, 6) is 1.02. The van der Waals surface area contributed by atoms with Crippen molar-refractivity contribution < 1.29 is 0 Å². The van der Waals surface area contributed by atoms with Gasteiger partial charge in [-0.05, 0) is 57.6 Å². The lowest BCUT2D eigenvalue weighted by Gasteiger charge is -2.38. The summed E-state index contributed by atoms with van der Waals surface area (Å²) in [4.78, 5) is 3.91. The van der Waals surface area contributed by atoms with Crippen molar-refractivity contribution in [2.24, 2.45) is 0 Å². The molecule has 1 aromatic carbocycles. The maximum Gasteiger partial charge on any atom is 0.166 e. The van der Waals surface area contributed by atoms with Gasteiger partial charge < -0.3 is 10.6 Å². The van der Waals surface area contributed by atoms with Crippen LogP contribution in [0.4, 0.5) is 0 Å². The first-order chi connectivity index (χ1) is 11.2. The van der Waals surface area contributed by atoms with Crippen molar-refractivity contribution >= 4 is 29.1 Å². The number of piperidine rings is 1. The normalized spacial score (nSPS) is 20.0. The average molecular weight is 352 g/mol. The molecule has 128 valence electrons. The van der Waals surface area contributed by atoms with Crippen LogP contribution in [0.1, 0.15) is 33.1 Å². The van der Waals surface area contributed by atoms with Gasteiger partial charge in [0.1, 0.15) is 0 Å². The van der Waals surface area contributed by atoms with Crippen molar-refractivity contribution in [2.75, 3.05) is 25.4 Å². The molecule has 0 aliphatic carbocycles. The maximum absolute atomic E-state index is 5.38. The first-order valence-corrected chi connectivity index (χ1v) is 10.0. The Hall–Kier alpha value is -0.780. The van der Waals surface area contributed by atoms with E-state index in [4.69, 9.17) is 12.2 Å². The van der Waals surface area contributed by atoms with E-state index >= 15 is 0 Å². The Morgan fingerprint density at radius 1 is 1.30 bits per heavy atom. The topological polar surface area (TPSA) is 27.3 Å². The average Bonchev–Trinajstić information content (AvgIpc) is 2.58. The second kappa shape index (κ2) is 10.2. The van der Waals surface area contributed by atoms with Gasteiger partial charge in [0.05, 0.1) is 0 Å². The number of thioether (sulfide) groups is 1. The Morgan fingerprint density at radius 3 is 2.83 bits per heavy atom. The van der Waals surface area contributed by atoms with Gasteiger partial charge in [0, 0.05) is 35.8 Å². The number of hydrogen-bond acceptors (Lipinski definition) is 3. The maximum atomic E-state index is 5.38. The summed E-state index contributed by atoms with van der Waals surface area (Å²) in [5, 5.41) is 7.45. The Balaban J connectivity index is 1.57. The van der Waals surface area contributed by atoms with Crippen molar-refractivity contribution in [3.8, 4) is 0 Å². The molecule has 2 atom stereocenters. The van der Waals surface area contributed by atoms with Crippen LogP contribution in [0.2, 0.25) is 0 Å². The van der Waals surface area contributed by atoms with Crippen molar-refractivity contribution in [2.45, 2.75) is 50.1 Å². The van der Waals surface area contributed by atoms with E-state index in [1.807, 2.05) is 17.8 Å². The molecule has 3 nitrogen and oxygen atoms in total. The molecule has 23 heavy (non-hydrogen) atoms. The van der Waals surface area contributed by atoms with Crippen LogP contribution in [0.15, 0.2) is 35.2 Å². The minimum absolute atomic E-state index is 0.531. The summed E-state index contributed by atoms with van der Waals surface area (Å²) in [5.41, 5.74) is 0. The number of nitrogens with one attached hydrogen (secondary N) is 2. The third-order valence-corrected chi connectivity index (χ3v) is 5.68. The fourth-order valence-corrected chi connectivity index (χ4v) is 4.02. The molecule has 0 saturated carbocycles. The van der Waals surface area contributed by atoms with E-state index in [9.17, 15) is 0 Å². The number of benzene rings is 1. The van der Waals surface area contributed by atoms with Crippen LogP contribution in [-0.2, 0) is 0 Å². The molecule has 1 saturated heterocycles. The highest BCUT2D eigenvalue weighted by molar-refractivity contribution is 7.99. The SMILES string of the molecule is C[C@@H]1CCCCN1[C@@H](C)CNC(=S)NCCSc1ccccc1. The number of hydrogen-bond donors (Lipinski definition) is 2. The van der Waals surface area contributed by atoms with E-state index in [0.29, 0.717) is 12.1 Å². The first-order valence-electron chi connectivity index (χ1n) is 8.62. The third-order valence-electron chi connectivity index (χ3n) is 4.38. The lowest BCUT2D eigenvalue weighted by Crippen LogP contribution is -2.49. The Kier molecular flexibility index (Phi) is 8.20. The zero-order valence-electron chi connectivity index (χ0n) is 14.3. The van der Waals surface area contributed by atoms with Crippen LogP contribution in [0.25, 0.3) is 0 Å². The van der Waals surface area contributed by atoms with E-state index in [1.165, 1.54) is 30.7 Å². The predicted octanol–water partition coefficient (Wildman–Crippen LogP) is 3.51. The molecule has 1 aliphatic rings. The van der Waals surface area contributed by atoms with E-state index < -0.39 is 0 Å². The highest BCUT2D eigenvalue weighted by Crippen LogP contribution is 2.18. The molecule has 0 aromatic heterocycles. The third kappa shape index (κ3) is 6.69. The van der Waals surface area contributed by atoms with Gasteiger partial charge in [0.15, 0.2) is 5.11 Å². The van der Waals surface area contributed by atoms with E-state index in [0.717, 1.165) is 24.0 Å². The van der Waals surface area contributed by atoms with E-state index in [1.54, 1.807) is 0 Å². The molecular weight excluding hydrogens is 322 g/mol. The fourth-order valence-electron chi connectivity index (χ4n) is 3.05. The van der Waals surface area contributed by atoms with Crippen LogP contribution in [0.5, 0.6) is 0 Å². The second-order valence-electron chi connectivity index (χ2n) is 6.23. The van der Waals surface area contributed by atoms with Gasteiger partial charge in [-0.2, -0.15) is 0 Å². The quantitative estimate of drug-likeness (QED) is 0.445. The van der Waals surface area contributed by atoms with Crippen molar-refractivity contribution in [3.05, 3.63) is 30.3 Å². The van der Waals surface area contributed by atoms with Crippen LogP contribution >= 0.6 is 24.0 Å². The molecule has 0 bridgehead atoms. The molecular formula is C18H29N3S2. The van der Waals surface area contributed by atoms with Crippen molar-refractivity contribution in [1.82, 2.24) is 15.5 Å². The van der Waals surface area contributed by atoms with Crippen molar-refractivity contribution in [1.29, 1.82) is 0 Å². The smallest absolute Gasteiger partial charge is 0.166 e. The Labute approximate surface area is 150 Å². The van der Waals surface area contributed by atoms with Gasteiger partial charge >= 0.3 is 0 Å². The number of likely N-dealkylation sites (tertiary alicyclic amines) is 1. The zero-order valence-corrected chi connectivity index (χ0v) is 15.9. The summed E-state index contributed by atoms with van der Waals surface area (Å²) >= 11 is 7.24. The molecule has 2 N–H and O–H groups in total. The molecule has 2 rings (SSSR count). The molecule has 0 radical (unpaired) electrons. The molecule has 1 aromatic rings. The van der Waals surface area contributed by atoms with Gasteiger partial charge in [-0.3, -0.25) is 4.90 Å². The lowest BCUT2D eigenvalue weighted by atomic mass is 10.0. The zero-order chi connectivity index (χ0) is 16.5. The first kappa shape index (κ1) is 18.6. The van der Waals surface area contributed by atoms with Gasteiger partial charge in [0.25, 0.3) is 0 Å². The number of nitrogens with zero attached hydrogens (tertiary/aromatic N) is 1. The number of rotatable bonds is 7. The summed E-state index contributed by atoms with van der Waals surface area (Å²) in [6.45, 7) is 7.66. The second-order valence-corrected chi connectivity index (χ2v) is 7.81. The molecule has 0 spiro atoms. The van der Waals surface area contributed by atoms with E-state index in [-0.39, 0.29) is 0 Å². The predicted molar refractivity (Wildman–Crippen MR) is 105 cm³/mol. The summed E-state index contributed by atoms with van der Waals surface area (Å²) < 4.78 is 0.